The Bertz CT molecular complexity index is 1090. The first-order chi connectivity index (χ1) is 17.1. The molecule has 0 aliphatic carbocycles. The molecule has 8 N–H and O–H groups in total. The molecule has 1 aliphatic heterocycles. The maximum atomic E-state index is 13.1. The number of hydrogen-bond acceptors (Lipinski definition) is 7. The smallest absolute Gasteiger partial charge is 0.328 e. The van der Waals surface area contributed by atoms with E-state index in [1.807, 2.05) is 24.3 Å². The summed E-state index contributed by atoms with van der Waals surface area (Å²) >= 11 is 0. The van der Waals surface area contributed by atoms with Crippen LogP contribution in [-0.4, -0.2) is 86.9 Å². The molecule has 0 spiro atoms. The summed E-state index contributed by atoms with van der Waals surface area (Å²) in [5.74, 6) is -3.52. The lowest BCUT2D eigenvalue weighted by atomic mass is 10.0. The van der Waals surface area contributed by atoms with Crippen molar-refractivity contribution >= 4 is 34.6 Å². The molecule has 2 aromatic rings. The first-order valence-corrected chi connectivity index (χ1v) is 11.9. The number of H-pyrrole nitrogens is 1. The fourth-order valence-electron chi connectivity index (χ4n) is 4.20. The Morgan fingerprint density at radius 1 is 1.00 bits per heavy atom. The fourth-order valence-corrected chi connectivity index (χ4v) is 4.20. The molecule has 36 heavy (non-hydrogen) atoms. The fraction of sp³-hybridized carbons (Fsp3) is 0.500. The molecular formula is C24H33N5O7. The van der Waals surface area contributed by atoms with Gasteiger partial charge in [0.15, 0.2) is 6.04 Å². The van der Waals surface area contributed by atoms with Gasteiger partial charge in [-0.25, -0.2) is 4.79 Å². The molecule has 1 aliphatic rings. The second kappa shape index (κ2) is 12.0. The van der Waals surface area contributed by atoms with E-state index in [9.17, 15) is 34.5 Å². The molecule has 12 heteroatoms. The highest BCUT2D eigenvalue weighted by atomic mass is 16.4. The molecule has 2 heterocycles. The summed E-state index contributed by atoms with van der Waals surface area (Å²) in [6.07, 6.45) is 0.417. The minimum Gasteiger partial charge on any atom is -0.480 e. The number of carboxylic acid groups (broad SMARTS) is 1. The Morgan fingerprint density at radius 2 is 1.69 bits per heavy atom. The van der Waals surface area contributed by atoms with Gasteiger partial charge in [0.25, 0.3) is 0 Å². The number of para-hydroxylation sites is 1. The van der Waals surface area contributed by atoms with Gasteiger partial charge in [0.1, 0.15) is 12.1 Å². The van der Waals surface area contributed by atoms with Crippen LogP contribution < -0.4 is 21.3 Å². The SMILES string of the molecule is CC(O)C(NC(=O)C(Cc1c[nH]c2ccccc12)NC(=O)C(NC(=O)C1CCCN1)C(C)O)C(=O)O. The van der Waals surface area contributed by atoms with E-state index in [1.165, 1.54) is 13.8 Å². The van der Waals surface area contributed by atoms with E-state index in [4.69, 9.17) is 0 Å². The van der Waals surface area contributed by atoms with Crippen molar-refractivity contribution in [3.8, 4) is 0 Å². The number of nitrogens with one attached hydrogen (secondary N) is 5. The van der Waals surface area contributed by atoms with Gasteiger partial charge in [-0.05, 0) is 44.9 Å². The quantitative estimate of drug-likeness (QED) is 0.187. The summed E-state index contributed by atoms with van der Waals surface area (Å²) in [7, 11) is 0. The maximum Gasteiger partial charge on any atom is 0.328 e. The zero-order chi connectivity index (χ0) is 26.4. The number of aliphatic carboxylic acids is 1. The van der Waals surface area contributed by atoms with E-state index >= 15 is 0 Å². The molecule has 0 radical (unpaired) electrons. The van der Waals surface area contributed by atoms with Crippen LogP contribution in [0.15, 0.2) is 30.5 Å². The van der Waals surface area contributed by atoms with Gasteiger partial charge in [-0.2, -0.15) is 0 Å². The number of aromatic amines is 1. The second-order valence-electron chi connectivity index (χ2n) is 9.07. The predicted octanol–water partition coefficient (Wildman–Crippen LogP) is -1.24. The first kappa shape index (κ1) is 27.1. The molecule has 1 saturated heterocycles. The molecule has 6 unspecified atom stereocenters. The highest BCUT2D eigenvalue weighted by Crippen LogP contribution is 2.19. The maximum absolute atomic E-state index is 13.1. The third-order valence-corrected chi connectivity index (χ3v) is 6.22. The molecule has 3 rings (SSSR count). The number of carbonyl (C=O) groups excluding carboxylic acids is 3. The molecule has 0 saturated carbocycles. The number of hydrogen-bond donors (Lipinski definition) is 8. The summed E-state index contributed by atoms with van der Waals surface area (Å²) in [5, 5.41) is 40.5. The van der Waals surface area contributed by atoms with Crippen molar-refractivity contribution in [3.05, 3.63) is 36.0 Å². The topological polar surface area (TPSA) is 193 Å². The van der Waals surface area contributed by atoms with Crippen molar-refractivity contribution in [2.45, 2.75) is 69.5 Å². The molecule has 6 atom stereocenters. The van der Waals surface area contributed by atoms with E-state index < -0.39 is 60.1 Å². The molecule has 196 valence electrons. The highest BCUT2D eigenvalue weighted by molar-refractivity contribution is 5.95. The summed E-state index contributed by atoms with van der Waals surface area (Å²) in [4.78, 5) is 53.4. The van der Waals surface area contributed by atoms with Gasteiger partial charge in [0.05, 0.1) is 18.2 Å². The van der Waals surface area contributed by atoms with Gasteiger partial charge < -0.3 is 41.6 Å². The Morgan fingerprint density at radius 3 is 2.31 bits per heavy atom. The van der Waals surface area contributed by atoms with Crippen LogP contribution in [0.25, 0.3) is 10.9 Å². The Kier molecular flexibility index (Phi) is 9.02. The van der Waals surface area contributed by atoms with Crippen molar-refractivity contribution in [1.82, 2.24) is 26.3 Å². The molecular weight excluding hydrogens is 470 g/mol. The standard InChI is InChI=1S/C24H33N5O7/c1-12(30)19(28-21(32)17-8-5-9-25-17)23(34)27-18(22(33)29-20(13(2)31)24(35)36)10-14-11-26-16-7-4-3-6-15(14)16/h3-4,6-7,11-13,17-20,25-26,30-31H,5,8-10H2,1-2H3,(H,27,34)(H,28,32)(H,29,33)(H,35,36). The average molecular weight is 504 g/mol. The van der Waals surface area contributed by atoms with Crippen LogP contribution >= 0.6 is 0 Å². The molecule has 1 aromatic heterocycles. The lowest BCUT2D eigenvalue weighted by molar-refractivity contribution is -0.145. The van der Waals surface area contributed by atoms with Crippen molar-refractivity contribution in [2.75, 3.05) is 6.54 Å². The van der Waals surface area contributed by atoms with Gasteiger partial charge in [0, 0.05) is 23.5 Å². The van der Waals surface area contributed by atoms with Crippen molar-refractivity contribution in [2.24, 2.45) is 0 Å². The number of aliphatic hydroxyl groups is 2. The highest BCUT2D eigenvalue weighted by Gasteiger charge is 2.34. The van der Waals surface area contributed by atoms with E-state index in [2.05, 4.69) is 26.3 Å². The van der Waals surface area contributed by atoms with Crippen LogP contribution in [-0.2, 0) is 25.6 Å². The van der Waals surface area contributed by atoms with E-state index in [0.717, 1.165) is 17.3 Å². The minimum atomic E-state index is -1.60. The third-order valence-electron chi connectivity index (χ3n) is 6.22. The zero-order valence-electron chi connectivity index (χ0n) is 20.2. The van der Waals surface area contributed by atoms with Crippen molar-refractivity contribution in [3.63, 3.8) is 0 Å². The Hall–Kier alpha value is -3.48. The molecule has 0 bridgehead atoms. The predicted molar refractivity (Wildman–Crippen MR) is 130 cm³/mol. The average Bonchev–Trinajstić information content (AvgIpc) is 3.50. The second-order valence-corrected chi connectivity index (χ2v) is 9.07. The first-order valence-electron chi connectivity index (χ1n) is 11.9. The number of aliphatic hydroxyl groups excluding tert-OH is 2. The van der Waals surface area contributed by atoms with Crippen molar-refractivity contribution in [1.29, 1.82) is 0 Å². The molecule has 1 aromatic carbocycles. The lowest BCUT2D eigenvalue weighted by Gasteiger charge is -2.27. The summed E-state index contributed by atoms with van der Waals surface area (Å²) in [6, 6.07) is 2.65. The van der Waals surface area contributed by atoms with Crippen LogP contribution in [0, 0.1) is 0 Å². The molecule has 3 amide bonds. The Balaban J connectivity index is 1.82. The van der Waals surface area contributed by atoms with E-state index in [0.29, 0.717) is 18.5 Å². The van der Waals surface area contributed by atoms with Gasteiger partial charge in [-0.3, -0.25) is 14.4 Å². The lowest BCUT2D eigenvalue weighted by Crippen LogP contribution is -2.60. The minimum absolute atomic E-state index is 0.0155. The van der Waals surface area contributed by atoms with Crippen LogP contribution in [0.4, 0.5) is 0 Å². The van der Waals surface area contributed by atoms with Gasteiger partial charge in [0.2, 0.25) is 17.7 Å². The monoisotopic (exact) mass is 503 g/mol. The van der Waals surface area contributed by atoms with Crippen LogP contribution in [0.2, 0.25) is 0 Å². The molecule has 1 fully saturated rings. The number of carbonyl (C=O) groups is 4. The van der Waals surface area contributed by atoms with Gasteiger partial charge in [-0.15, -0.1) is 0 Å². The van der Waals surface area contributed by atoms with Crippen LogP contribution in [0.3, 0.4) is 0 Å². The zero-order valence-corrected chi connectivity index (χ0v) is 20.2. The van der Waals surface area contributed by atoms with Crippen LogP contribution in [0.5, 0.6) is 0 Å². The summed E-state index contributed by atoms with van der Waals surface area (Å²) in [6.45, 7) is 3.24. The van der Waals surface area contributed by atoms with E-state index in [-0.39, 0.29) is 6.42 Å². The Labute approximate surface area is 207 Å². The molecule has 12 nitrogen and oxygen atoms in total. The van der Waals surface area contributed by atoms with Gasteiger partial charge in [-0.1, -0.05) is 18.2 Å². The number of aromatic nitrogens is 1. The third kappa shape index (κ3) is 6.59. The van der Waals surface area contributed by atoms with E-state index in [1.54, 1.807) is 6.20 Å². The van der Waals surface area contributed by atoms with Gasteiger partial charge >= 0.3 is 5.97 Å². The summed E-state index contributed by atoms with van der Waals surface area (Å²) < 4.78 is 0. The normalized spacial score (nSPS) is 19.6. The largest absolute Gasteiger partial charge is 0.480 e. The van der Waals surface area contributed by atoms with Crippen molar-refractivity contribution < 1.29 is 34.5 Å². The number of carboxylic acids is 1. The van der Waals surface area contributed by atoms with Crippen LogP contribution in [0.1, 0.15) is 32.3 Å². The number of fused-ring (bicyclic) bond motifs is 1. The summed E-state index contributed by atoms with van der Waals surface area (Å²) in [5.41, 5.74) is 1.49. The number of benzene rings is 1. The number of amides is 3. The number of rotatable bonds is 11.